The van der Waals surface area contributed by atoms with Gasteiger partial charge in [0.05, 0.1) is 0 Å². The molecule has 154 valence electrons. The molecule has 0 aliphatic heterocycles. The van der Waals surface area contributed by atoms with E-state index < -0.39 is 24.1 Å². The van der Waals surface area contributed by atoms with Crippen molar-refractivity contribution in [1.82, 2.24) is 5.32 Å². The van der Waals surface area contributed by atoms with E-state index in [1.54, 1.807) is 57.3 Å². The van der Waals surface area contributed by atoms with Gasteiger partial charge in [-0.3, -0.25) is 4.79 Å². The maximum atomic E-state index is 12.6. The van der Waals surface area contributed by atoms with Crippen LogP contribution in [0.2, 0.25) is 0 Å². The molecule has 7 nitrogen and oxygen atoms in total. The number of nitrogens with zero attached hydrogens (tertiary/aromatic N) is 1. The van der Waals surface area contributed by atoms with Gasteiger partial charge in [0.15, 0.2) is 6.10 Å². The number of carbonyl (C=O) groups excluding carboxylic acids is 3. The number of carbonyl (C=O) groups is 3. The maximum absolute atomic E-state index is 12.6. The molecule has 0 heterocycles. The van der Waals surface area contributed by atoms with Crippen LogP contribution >= 0.6 is 0 Å². The normalized spacial score (nSPS) is 12.6. The van der Waals surface area contributed by atoms with Crippen molar-refractivity contribution in [2.24, 2.45) is 5.92 Å². The topological polar surface area (TPSA) is 87.7 Å². The lowest BCUT2D eigenvalue weighted by molar-refractivity contribution is -0.156. The van der Waals surface area contributed by atoms with Crippen LogP contribution in [0.3, 0.4) is 0 Å². The standard InChI is InChI=1S/C22H27N3O4/c1-15(2)19(24-22(28)23-17-11-7-5-8-12-17)21(27)29-16(3)20(26)25(4)18-13-9-6-10-14-18/h5-16,19H,1-4H3,(H2,23,24,28)/t16-,19-/m1/s1. The predicted octanol–water partition coefficient (Wildman–Crippen LogP) is 3.43. The number of amides is 3. The second-order valence-corrected chi connectivity index (χ2v) is 7.00. The molecule has 0 spiro atoms. The summed E-state index contributed by atoms with van der Waals surface area (Å²) in [5.41, 5.74) is 1.30. The highest BCUT2D eigenvalue weighted by molar-refractivity contribution is 5.97. The molecule has 0 aromatic heterocycles. The highest BCUT2D eigenvalue weighted by Gasteiger charge is 2.30. The zero-order chi connectivity index (χ0) is 21.4. The molecule has 0 unspecified atom stereocenters. The van der Waals surface area contributed by atoms with E-state index in [9.17, 15) is 14.4 Å². The molecule has 3 amide bonds. The quantitative estimate of drug-likeness (QED) is 0.701. The van der Waals surface area contributed by atoms with Crippen LogP contribution in [-0.4, -0.2) is 37.1 Å². The SMILES string of the molecule is CC(C)[C@@H](NC(=O)Nc1ccccc1)C(=O)O[C@H](C)C(=O)N(C)c1ccccc1. The van der Waals surface area contributed by atoms with Gasteiger partial charge < -0.3 is 20.3 Å². The minimum atomic E-state index is -0.993. The minimum absolute atomic E-state index is 0.224. The van der Waals surface area contributed by atoms with E-state index in [-0.39, 0.29) is 11.8 Å². The first-order chi connectivity index (χ1) is 13.8. The molecule has 2 atom stereocenters. The molecule has 2 rings (SSSR count). The molecule has 0 fully saturated rings. The Kier molecular flexibility index (Phi) is 7.77. The maximum Gasteiger partial charge on any atom is 0.329 e. The number of nitrogens with one attached hydrogen (secondary N) is 2. The van der Waals surface area contributed by atoms with Crippen molar-refractivity contribution in [2.45, 2.75) is 32.9 Å². The van der Waals surface area contributed by atoms with Gasteiger partial charge in [-0.1, -0.05) is 50.2 Å². The van der Waals surface area contributed by atoms with Crippen LogP contribution in [0.15, 0.2) is 60.7 Å². The molecule has 2 aromatic carbocycles. The third-order valence-electron chi connectivity index (χ3n) is 4.35. The third kappa shape index (κ3) is 6.34. The van der Waals surface area contributed by atoms with Gasteiger partial charge in [0.2, 0.25) is 0 Å². The van der Waals surface area contributed by atoms with Gasteiger partial charge in [-0.2, -0.15) is 0 Å². The number of urea groups is 1. The van der Waals surface area contributed by atoms with Crippen LogP contribution in [0, 0.1) is 5.92 Å². The van der Waals surface area contributed by atoms with Gasteiger partial charge in [0.25, 0.3) is 5.91 Å². The lowest BCUT2D eigenvalue weighted by Gasteiger charge is -2.25. The van der Waals surface area contributed by atoms with Crippen molar-refractivity contribution in [2.75, 3.05) is 17.3 Å². The molecule has 0 aliphatic carbocycles. The molecule has 0 bridgehead atoms. The Morgan fingerprint density at radius 3 is 2.00 bits per heavy atom. The first kappa shape index (κ1) is 21.9. The average molecular weight is 397 g/mol. The summed E-state index contributed by atoms with van der Waals surface area (Å²) < 4.78 is 5.36. The number of para-hydroxylation sites is 2. The Bertz CT molecular complexity index is 824. The van der Waals surface area contributed by atoms with Crippen molar-refractivity contribution >= 4 is 29.3 Å². The van der Waals surface area contributed by atoms with Crippen LogP contribution < -0.4 is 15.5 Å². The van der Waals surface area contributed by atoms with Gasteiger partial charge in [-0.05, 0) is 37.1 Å². The molecule has 7 heteroatoms. The number of rotatable bonds is 7. The molecule has 0 radical (unpaired) electrons. The van der Waals surface area contributed by atoms with E-state index in [2.05, 4.69) is 10.6 Å². The first-order valence-corrected chi connectivity index (χ1v) is 9.45. The number of benzene rings is 2. The summed E-state index contributed by atoms with van der Waals surface area (Å²) in [5.74, 6) is -1.25. The van der Waals surface area contributed by atoms with Gasteiger partial charge in [0, 0.05) is 18.4 Å². The summed E-state index contributed by atoms with van der Waals surface area (Å²) in [5, 5.41) is 5.29. The van der Waals surface area contributed by atoms with Crippen molar-refractivity contribution in [3.8, 4) is 0 Å². The predicted molar refractivity (Wildman–Crippen MR) is 113 cm³/mol. The summed E-state index contributed by atoms with van der Waals surface area (Å²) in [6.07, 6.45) is -0.993. The van der Waals surface area contributed by atoms with Crippen LogP contribution in [0.25, 0.3) is 0 Å². The lowest BCUT2D eigenvalue weighted by Crippen LogP contribution is -2.49. The monoisotopic (exact) mass is 397 g/mol. The van der Waals surface area contributed by atoms with Crippen molar-refractivity contribution in [3.05, 3.63) is 60.7 Å². The average Bonchev–Trinajstić information content (AvgIpc) is 2.71. The number of ether oxygens (including phenoxy) is 1. The molecule has 0 aliphatic rings. The van der Waals surface area contributed by atoms with Gasteiger partial charge in [-0.15, -0.1) is 0 Å². The Balaban J connectivity index is 1.97. The Hall–Kier alpha value is -3.35. The van der Waals surface area contributed by atoms with Crippen LogP contribution in [0.5, 0.6) is 0 Å². The van der Waals surface area contributed by atoms with Crippen LogP contribution in [0.4, 0.5) is 16.2 Å². The van der Waals surface area contributed by atoms with Gasteiger partial charge >= 0.3 is 12.0 Å². The van der Waals surface area contributed by atoms with Gasteiger partial charge in [-0.25, -0.2) is 9.59 Å². The molecule has 2 N–H and O–H groups in total. The van der Waals surface area contributed by atoms with E-state index >= 15 is 0 Å². The molecule has 29 heavy (non-hydrogen) atoms. The lowest BCUT2D eigenvalue weighted by atomic mass is 10.0. The van der Waals surface area contributed by atoms with Crippen LogP contribution in [-0.2, 0) is 14.3 Å². The van der Waals surface area contributed by atoms with Crippen molar-refractivity contribution in [3.63, 3.8) is 0 Å². The number of esters is 1. The fourth-order valence-corrected chi connectivity index (χ4v) is 2.68. The number of likely N-dealkylation sites (N-methyl/N-ethyl adjacent to an activating group) is 1. The summed E-state index contributed by atoms with van der Waals surface area (Å²) >= 11 is 0. The summed E-state index contributed by atoms with van der Waals surface area (Å²) in [7, 11) is 1.62. The Labute approximate surface area is 171 Å². The molecular formula is C22H27N3O4. The molecule has 2 aromatic rings. The second kappa shape index (κ2) is 10.3. The van der Waals surface area contributed by atoms with Crippen LogP contribution in [0.1, 0.15) is 20.8 Å². The number of anilines is 2. The summed E-state index contributed by atoms with van der Waals surface area (Å²) in [6.45, 7) is 5.09. The summed E-state index contributed by atoms with van der Waals surface area (Å²) in [6, 6.07) is 16.6. The molecular weight excluding hydrogens is 370 g/mol. The highest BCUT2D eigenvalue weighted by Crippen LogP contribution is 2.14. The highest BCUT2D eigenvalue weighted by atomic mass is 16.5. The van der Waals surface area contributed by atoms with E-state index in [0.717, 1.165) is 0 Å². The number of hydrogen-bond donors (Lipinski definition) is 2. The minimum Gasteiger partial charge on any atom is -0.451 e. The number of hydrogen-bond acceptors (Lipinski definition) is 4. The zero-order valence-electron chi connectivity index (χ0n) is 17.1. The fourth-order valence-electron chi connectivity index (χ4n) is 2.68. The first-order valence-electron chi connectivity index (χ1n) is 9.45. The summed E-state index contributed by atoms with van der Waals surface area (Å²) in [4.78, 5) is 38.9. The smallest absolute Gasteiger partial charge is 0.329 e. The second-order valence-electron chi connectivity index (χ2n) is 7.00. The molecule has 0 saturated heterocycles. The van der Waals surface area contributed by atoms with E-state index in [4.69, 9.17) is 4.74 Å². The molecule has 0 saturated carbocycles. The van der Waals surface area contributed by atoms with Crippen molar-refractivity contribution in [1.29, 1.82) is 0 Å². The van der Waals surface area contributed by atoms with E-state index in [0.29, 0.717) is 11.4 Å². The van der Waals surface area contributed by atoms with E-state index in [1.807, 2.05) is 24.3 Å². The van der Waals surface area contributed by atoms with Gasteiger partial charge in [0.1, 0.15) is 6.04 Å². The third-order valence-corrected chi connectivity index (χ3v) is 4.35. The fraction of sp³-hybridized carbons (Fsp3) is 0.318. The van der Waals surface area contributed by atoms with E-state index in [1.165, 1.54) is 11.8 Å². The largest absolute Gasteiger partial charge is 0.451 e. The zero-order valence-corrected chi connectivity index (χ0v) is 17.1. The Morgan fingerprint density at radius 2 is 1.45 bits per heavy atom. The van der Waals surface area contributed by atoms with Crippen molar-refractivity contribution < 1.29 is 19.1 Å². The Morgan fingerprint density at radius 1 is 0.897 bits per heavy atom.